The van der Waals surface area contributed by atoms with E-state index < -0.39 is 11.7 Å². The quantitative estimate of drug-likeness (QED) is 0.645. The molecule has 8 heteroatoms. The molecule has 4 nitrogen and oxygen atoms in total. The summed E-state index contributed by atoms with van der Waals surface area (Å²) in [4.78, 5) is 14.6. The second-order valence-corrected chi connectivity index (χ2v) is 6.32. The van der Waals surface area contributed by atoms with Crippen LogP contribution < -0.4 is 15.1 Å². The minimum Gasteiger partial charge on any atom is -0.322 e. The Bertz CT molecular complexity index is 599. The molecule has 3 N–H and O–H groups in total. The van der Waals surface area contributed by atoms with Crippen LogP contribution in [-0.4, -0.2) is 45.2 Å². The number of hydrogen-bond acceptors (Lipinski definition) is 1. The third kappa shape index (κ3) is 5.22. The number of nitrogens with one attached hydrogen (secondary N) is 3. The Hall–Kier alpha value is -1.57. The normalized spacial score (nSPS) is 21.3. The minimum atomic E-state index is -4.55. The van der Waals surface area contributed by atoms with Crippen LogP contribution in [0.15, 0.2) is 30.9 Å². The Morgan fingerprint density at radius 3 is 2.46 bits per heavy atom. The molecule has 24 heavy (non-hydrogen) atoms. The number of carbonyl (C=O) groups is 1. The van der Waals surface area contributed by atoms with E-state index in [4.69, 9.17) is 11.6 Å². The largest absolute Gasteiger partial charge is 0.417 e. The van der Waals surface area contributed by atoms with Gasteiger partial charge in [-0.2, -0.15) is 13.2 Å². The molecule has 0 atom stereocenters. The smallest absolute Gasteiger partial charge is 0.322 e. The van der Waals surface area contributed by atoms with Gasteiger partial charge in [-0.25, -0.2) is 0 Å². The molecule has 1 aromatic rings. The second-order valence-electron chi connectivity index (χ2n) is 5.91. The van der Waals surface area contributed by atoms with Crippen molar-refractivity contribution in [2.45, 2.75) is 6.18 Å². The van der Waals surface area contributed by atoms with Crippen molar-refractivity contribution < 1.29 is 27.8 Å². The summed E-state index contributed by atoms with van der Waals surface area (Å²) in [5.41, 5.74) is -0.844. The van der Waals surface area contributed by atoms with Crippen LogP contribution in [0.2, 0.25) is 5.02 Å². The van der Waals surface area contributed by atoms with E-state index >= 15 is 0 Å². The zero-order valence-corrected chi connectivity index (χ0v) is 13.9. The van der Waals surface area contributed by atoms with Gasteiger partial charge in [0.05, 0.1) is 17.1 Å². The molecule has 1 aromatic carbocycles. The SMILES string of the molecule is C=CC[NH+]1CC[NH+](CC(=O)Nc2ccc(Cl)c(C(F)(F)F)c2)CC1. The molecule has 0 radical (unpaired) electrons. The number of carbonyl (C=O) groups excluding carboxylic acids is 1. The zero-order valence-electron chi connectivity index (χ0n) is 13.2. The lowest BCUT2D eigenvalue weighted by molar-refractivity contribution is -1.01. The van der Waals surface area contributed by atoms with E-state index in [0.717, 1.165) is 49.8 Å². The molecule has 1 fully saturated rings. The highest BCUT2D eigenvalue weighted by atomic mass is 35.5. The summed E-state index contributed by atoms with van der Waals surface area (Å²) in [7, 11) is 0. The van der Waals surface area contributed by atoms with E-state index in [1.165, 1.54) is 11.0 Å². The summed E-state index contributed by atoms with van der Waals surface area (Å²) in [6.07, 6.45) is -2.67. The van der Waals surface area contributed by atoms with Gasteiger partial charge in [0.1, 0.15) is 26.2 Å². The van der Waals surface area contributed by atoms with Gasteiger partial charge in [-0.15, -0.1) is 0 Å². The summed E-state index contributed by atoms with van der Waals surface area (Å²) in [5.74, 6) is -0.299. The molecule has 1 heterocycles. The molecule has 132 valence electrons. The fraction of sp³-hybridized carbons (Fsp3) is 0.438. The Labute approximate surface area is 143 Å². The lowest BCUT2D eigenvalue weighted by Crippen LogP contribution is -3.28. The molecular formula is C16H21ClF3N3O+2. The molecule has 0 bridgehead atoms. The van der Waals surface area contributed by atoms with Gasteiger partial charge in [-0.3, -0.25) is 4.79 Å². The fourth-order valence-electron chi connectivity index (χ4n) is 2.79. The Morgan fingerprint density at radius 1 is 1.25 bits per heavy atom. The lowest BCUT2D eigenvalue weighted by atomic mass is 10.2. The number of amides is 1. The molecular weight excluding hydrogens is 343 g/mol. The third-order valence-corrected chi connectivity index (χ3v) is 4.39. The monoisotopic (exact) mass is 363 g/mol. The number of piperazine rings is 1. The van der Waals surface area contributed by atoms with Gasteiger partial charge in [-0.05, 0) is 24.3 Å². The number of halogens is 4. The van der Waals surface area contributed by atoms with Crippen LogP contribution in [0.25, 0.3) is 0 Å². The van der Waals surface area contributed by atoms with Crippen LogP contribution >= 0.6 is 11.6 Å². The topological polar surface area (TPSA) is 38.0 Å². The number of quaternary nitrogens is 2. The Morgan fingerprint density at radius 2 is 1.88 bits per heavy atom. The first kappa shape index (κ1) is 18.8. The molecule has 1 saturated heterocycles. The zero-order chi connectivity index (χ0) is 17.7. The average molecular weight is 364 g/mol. The fourth-order valence-corrected chi connectivity index (χ4v) is 3.02. The van der Waals surface area contributed by atoms with Gasteiger partial charge in [0.25, 0.3) is 5.91 Å². The van der Waals surface area contributed by atoms with Crippen molar-refractivity contribution in [3.8, 4) is 0 Å². The first-order chi connectivity index (χ1) is 11.3. The van der Waals surface area contributed by atoms with Gasteiger partial charge in [-0.1, -0.05) is 18.2 Å². The van der Waals surface area contributed by atoms with Crippen LogP contribution in [0.3, 0.4) is 0 Å². The molecule has 1 aliphatic rings. The molecule has 1 amide bonds. The number of alkyl halides is 3. The third-order valence-electron chi connectivity index (χ3n) is 4.06. The van der Waals surface area contributed by atoms with E-state index in [-0.39, 0.29) is 23.2 Å². The van der Waals surface area contributed by atoms with Crippen molar-refractivity contribution in [1.82, 2.24) is 0 Å². The van der Waals surface area contributed by atoms with Crippen LogP contribution in [-0.2, 0) is 11.0 Å². The first-order valence-corrected chi connectivity index (χ1v) is 8.12. The van der Waals surface area contributed by atoms with E-state index in [9.17, 15) is 18.0 Å². The first-order valence-electron chi connectivity index (χ1n) is 7.74. The summed E-state index contributed by atoms with van der Waals surface area (Å²) in [5, 5.41) is 2.14. The summed E-state index contributed by atoms with van der Waals surface area (Å²) >= 11 is 5.57. The molecule has 0 aromatic heterocycles. The van der Waals surface area contributed by atoms with Crippen molar-refractivity contribution in [2.24, 2.45) is 0 Å². The van der Waals surface area contributed by atoms with Crippen LogP contribution in [0, 0.1) is 0 Å². The molecule has 2 rings (SSSR count). The van der Waals surface area contributed by atoms with Crippen molar-refractivity contribution >= 4 is 23.2 Å². The molecule has 0 unspecified atom stereocenters. The molecule has 0 aliphatic carbocycles. The predicted octanol–water partition coefficient (Wildman–Crippen LogP) is 0.267. The number of anilines is 1. The maximum Gasteiger partial charge on any atom is 0.417 e. The van der Waals surface area contributed by atoms with Crippen LogP contribution in [0.4, 0.5) is 18.9 Å². The Kier molecular flexibility index (Phi) is 6.26. The average Bonchev–Trinajstić information content (AvgIpc) is 2.50. The van der Waals surface area contributed by atoms with Gasteiger partial charge < -0.3 is 15.1 Å². The summed E-state index contributed by atoms with van der Waals surface area (Å²) in [6.45, 7) is 8.48. The maximum absolute atomic E-state index is 12.8. The number of benzene rings is 1. The minimum absolute atomic E-state index is 0.104. The van der Waals surface area contributed by atoms with Gasteiger partial charge >= 0.3 is 6.18 Å². The second kappa shape index (κ2) is 8.00. The van der Waals surface area contributed by atoms with E-state index in [0.29, 0.717) is 0 Å². The summed E-state index contributed by atoms with van der Waals surface area (Å²) in [6, 6.07) is 3.38. The van der Waals surface area contributed by atoms with E-state index in [2.05, 4.69) is 11.9 Å². The predicted molar refractivity (Wildman–Crippen MR) is 86.4 cm³/mol. The van der Waals surface area contributed by atoms with Crippen molar-refractivity contribution in [3.05, 3.63) is 41.4 Å². The lowest BCUT2D eigenvalue weighted by Gasteiger charge is -2.28. The molecule has 0 saturated carbocycles. The number of hydrogen-bond donors (Lipinski definition) is 3. The van der Waals surface area contributed by atoms with E-state index in [1.807, 2.05) is 6.08 Å². The van der Waals surface area contributed by atoms with Crippen molar-refractivity contribution in [2.75, 3.05) is 44.6 Å². The highest BCUT2D eigenvalue weighted by Gasteiger charge is 2.33. The van der Waals surface area contributed by atoms with Gasteiger partial charge in [0.15, 0.2) is 6.54 Å². The molecule has 1 aliphatic heterocycles. The highest BCUT2D eigenvalue weighted by molar-refractivity contribution is 6.31. The van der Waals surface area contributed by atoms with Gasteiger partial charge in [0.2, 0.25) is 0 Å². The van der Waals surface area contributed by atoms with Crippen molar-refractivity contribution in [3.63, 3.8) is 0 Å². The highest BCUT2D eigenvalue weighted by Crippen LogP contribution is 2.36. The van der Waals surface area contributed by atoms with E-state index in [1.54, 1.807) is 0 Å². The Balaban J connectivity index is 1.90. The summed E-state index contributed by atoms with van der Waals surface area (Å²) < 4.78 is 38.5. The van der Waals surface area contributed by atoms with Crippen molar-refractivity contribution in [1.29, 1.82) is 0 Å². The maximum atomic E-state index is 12.8. The molecule has 0 spiro atoms. The standard InChI is InChI=1S/C16H19ClF3N3O/c1-2-5-22-6-8-23(9-7-22)11-15(24)21-12-3-4-14(17)13(10-12)16(18,19)20/h2-4,10H,1,5-9,11H2,(H,21,24)/p+2. The van der Waals surface area contributed by atoms with Gasteiger partial charge in [0, 0.05) is 5.69 Å². The number of rotatable bonds is 5. The van der Waals surface area contributed by atoms with Crippen LogP contribution in [0.5, 0.6) is 0 Å². The van der Waals surface area contributed by atoms with Crippen LogP contribution in [0.1, 0.15) is 5.56 Å².